The van der Waals surface area contributed by atoms with E-state index < -0.39 is 104 Å². The van der Waals surface area contributed by atoms with E-state index in [1.54, 1.807) is 52.0 Å². The lowest BCUT2D eigenvalue weighted by Gasteiger charge is -2.27. The number of imide groups is 1. The monoisotopic (exact) mass is 1070 g/mol. The normalized spacial score (nSPS) is 15.1. The van der Waals surface area contributed by atoms with Gasteiger partial charge in [-0.1, -0.05) is 39.8 Å². The Morgan fingerprint density at radius 1 is 0.640 bits per heavy atom. The highest BCUT2D eigenvalue weighted by molar-refractivity contribution is 6.12. The molecule has 13 N–H and O–H groups in total. The molecule has 27 heteroatoms. The van der Waals surface area contributed by atoms with Crippen molar-refractivity contribution in [2.24, 2.45) is 17.6 Å². The van der Waals surface area contributed by atoms with Crippen molar-refractivity contribution < 1.29 is 92.4 Å². The Bertz CT molecular complexity index is 1990. The van der Waals surface area contributed by atoms with Crippen molar-refractivity contribution in [2.45, 2.75) is 109 Å². The second kappa shape index (κ2) is 35.9. The molecule has 0 radical (unpaired) electrons. The van der Waals surface area contributed by atoms with Crippen molar-refractivity contribution in [1.82, 2.24) is 31.5 Å². The highest BCUT2D eigenvalue weighted by Crippen LogP contribution is 2.14. The van der Waals surface area contributed by atoms with Crippen LogP contribution < -0.4 is 37.6 Å². The molecule has 0 bridgehead atoms. The van der Waals surface area contributed by atoms with Crippen LogP contribution >= 0.6 is 0 Å². The predicted molar refractivity (Wildman–Crippen MR) is 264 cm³/mol. The number of aliphatic hydroxyl groups is 5. The number of carbonyl (C=O) groups excluding carboxylic acids is 9. The highest BCUT2D eigenvalue weighted by Gasteiger charge is 2.33. The average Bonchev–Trinajstić information content (AvgIpc) is 3.70. The maximum absolute atomic E-state index is 13.9. The van der Waals surface area contributed by atoms with Gasteiger partial charge in [0.25, 0.3) is 11.8 Å². The van der Waals surface area contributed by atoms with Gasteiger partial charge in [-0.2, -0.15) is 0 Å². The Balaban J connectivity index is 2.04. The molecule has 0 fully saturated rings. The topological polar surface area (TPSA) is 402 Å². The number of hydrogen-bond donors (Lipinski definition) is 12. The molecule has 0 saturated carbocycles. The third kappa shape index (κ3) is 26.2. The van der Waals surface area contributed by atoms with E-state index in [9.17, 15) is 63.6 Å². The van der Waals surface area contributed by atoms with Crippen LogP contribution in [-0.4, -0.2) is 205 Å². The number of amides is 9. The van der Waals surface area contributed by atoms with Gasteiger partial charge in [-0.3, -0.25) is 43.3 Å². The average molecular weight is 1070 g/mol. The molecule has 0 unspecified atom stereocenters. The lowest BCUT2D eigenvalue weighted by atomic mass is 10.0. The SMILES string of the molecule is CC(C)C(=O)OCc1ccc(NC(=O)[C@H](CCCNC(N)=O)NC(=O)[C@@H](NC(=O)[C@@H](CCC(=O)NC[C@H](O)[C@@H](O)[C@H](O)[C@H](O)CO)NC(=O)CCOCCOCCOCCOCCN2C(=O)C=CC2=O)C(C)C)cc1. The highest BCUT2D eigenvalue weighted by atomic mass is 16.6. The zero-order chi connectivity index (χ0) is 55.9. The van der Waals surface area contributed by atoms with Gasteiger partial charge in [-0.25, -0.2) is 4.79 Å². The molecule has 1 aromatic rings. The summed E-state index contributed by atoms with van der Waals surface area (Å²) in [5.74, 6) is -5.84. The molecule has 7 atom stereocenters. The second-order valence-corrected chi connectivity index (χ2v) is 17.8. The molecule has 2 rings (SSSR count). The van der Waals surface area contributed by atoms with Gasteiger partial charge in [0.1, 0.15) is 43.0 Å². The van der Waals surface area contributed by atoms with E-state index >= 15 is 0 Å². The van der Waals surface area contributed by atoms with Gasteiger partial charge in [0.05, 0.1) is 78.0 Å². The van der Waals surface area contributed by atoms with E-state index in [0.29, 0.717) is 11.3 Å². The first-order valence-corrected chi connectivity index (χ1v) is 24.6. The van der Waals surface area contributed by atoms with E-state index in [-0.39, 0.29) is 122 Å². The number of aliphatic hydroxyl groups excluding tert-OH is 5. The Hall–Kier alpha value is -6.17. The molecule has 1 heterocycles. The molecule has 9 amide bonds. The number of carbonyl (C=O) groups is 9. The smallest absolute Gasteiger partial charge is 0.312 e. The van der Waals surface area contributed by atoms with Crippen LogP contribution in [0.4, 0.5) is 10.5 Å². The summed E-state index contributed by atoms with van der Waals surface area (Å²) in [5.41, 5.74) is 6.19. The predicted octanol–water partition coefficient (Wildman–Crippen LogP) is -3.40. The van der Waals surface area contributed by atoms with E-state index in [4.69, 9.17) is 34.5 Å². The lowest BCUT2D eigenvalue weighted by molar-refractivity contribution is -0.148. The summed E-state index contributed by atoms with van der Waals surface area (Å²) in [5, 5.41) is 64.2. The van der Waals surface area contributed by atoms with Gasteiger partial charge < -0.3 is 86.9 Å². The first kappa shape index (κ1) is 64.9. The Kier molecular flexibility index (Phi) is 31.1. The van der Waals surface area contributed by atoms with Crippen LogP contribution in [0.25, 0.3) is 0 Å². The summed E-state index contributed by atoms with van der Waals surface area (Å²) < 4.78 is 27.0. The van der Waals surface area contributed by atoms with Crippen LogP contribution in [0.5, 0.6) is 0 Å². The molecular weight excluding hydrogens is 993 g/mol. The Morgan fingerprint density at radius 2 is 1.20 bits per heavy atom. The minimum atomic E-state index is -1.96. The van der Waals surface area contributed by atoms with Crippen LogP contribution in [0, 0.1) is 11.8 Å². The molecular formula is C48H76N8O19. The zero-order valence-electron chi connectivity index (χ0n) is 42.9. The number of urea groups is 1. The number of anilines is 1. The first-order chi connectivity index (χ1) is 35.6. The van der Waals surface area contributed by atoms with Gasteiger partial charge in [0, 0.05) is 43.8 Å². The largest absolute Gasteiger partial charge is 0.461 e. The number of benzene rings is 1. The van der Waals surface area contributed by atoms with Crippen molar-refractivity contribution in [3.8, 4) is 0 Å². The van der Waals surface area contributed by atoms with Crippen molar-refractivity contribution >= 4 is 59.0 Å². The van der Waals surface area contributed by atoms with Crippen molar-refractivity contribution in [3.63, 3.8) is 0 Å². The number of hydrogen-bond acceptors (Lipinski definition) is 19. The molecule has 27 nitrogen and oxygen atoms in total. The van der Waals surface area contributed by atoms with Gasteiger partial charge in [0.15, 0.2) is 0 Å². The van der Waals surface area contributed by atoms with Gasteiger partial charge >= 0.3 is 12.0 Å². The van der Waals surface area contributed by atoms with E-state index in [2.05, 4.69) is 31.9 Å². The van der Waals surface area contributed by atoms with E-state index in [1.165, 1.54) is 12.2 Å². The first-order valence-electron chi connectivity index (χ1n) is 24.6. The summed E-state index contributed by atoms with van der Waals surface area (Å²) in [4.78, 5) is 115. The third-order valence-electron chi connectivity index (χ3n) is 11.0. The van der Waals surface area contributed by atoms with E-state index in [1.807, 2.05) is 0 Å². The van der Waals surface area contributed by atoms with Crippen molar-refractivity contribution in [2.75, 3.05) is 84.4 Å². The van der Waals surface area contributed by atoms with Crippen LogP contribution in [0.1, 0.15) is 65.4 Å². The molecule has 0 spiro atoms. The second-order valence-electron chi connectivity index (χ2n) is 17.8. The van der Waals surface area contributed by atoms with Crippen LogP contribution in [0.15, 0.2) is 36.4 Å². The van der Waals surface area contributed by atoms with Gasteiger partial charge in [-0.05, 0) is 42.9 Å². The summed E-state index contributed by atoms with van der Waals surface area (Å²) in [6.07, 6.45) is -5.91. The molecule has 1 aliphatic heterocycles. The van der Waals surface area contributed by atoms with Crippen LogP contribution in [0.3, 0.4) is 0 Å². The van der Waals surface area contributed by atoms with Crippen molar-refractivity contribution in [3.05, 3.63) is 42.0 Å². The zero-order valence-corrected chi connectivity index (χ0v) is 42.9. The molecule has 1 aromatic carbocycles. The maximum atomic E-state index is 13.9. The molecule has 0 aliphatic carbocycles. The molecule has 1 aliphatic rings. The van der Waals surface area contributed by atoms with Crippen LogP contribution in [0.2, 0.25) is 0 Å². The number of esters is 1. The number of nitrogens with one attached hydrogen (secondary N) is 6. The molecule has 0 saturated heterocycles. The maximum Gasteiger partial charge on any atom is 0.312 e. The molecule has 75 heavy (non-hydrogen) atoms. The number of ether oxygens (including phenoxy) is 5. The third-order valence-corrected chi connectivity index (χ3v) is 11.0. The van der Waals surface area contributed by atoms with Crippen molar-refractivity contribution in [1.29, 1.82) is 0 Å². The minimum absolute atomic E-state index is 0.00883. The number of nitrogens with zero attached hydrogens (tertiary/aromatic N) is 1. The number of primary amides is 1. The van der Waals surface area contributed by atoms with Gasteiger partial charge in [0.2, 0.25) is 29.5 Å². The van der Waals surface area contributed by atoms with Gasteiger partial charge in [-0.15, -0.1) is 0 Å². The number of nitrogens with two attached hydrogens (primary N) is 1. The fraction of sp³-hybridized carbons (Fsp3) is 0.646. The Morgan fingerprint density at radius 3 is 1.76 bits per heavy atom. The fourth-order valence-corrected chi connectivity index (χ4v) is 6.61. The van der Waals surface area contributed by atoms with E-state index in [0.717, 1.165) is 4.90 Å². The summed E-state index contributed by atoms with van der Waals surface area (Å²) in [7, 11) is 0. The fourth-order valence-electron chi connectivity index (χ4n) is 6.61. The minimum Gasteiger partial charge on any atom is -0.461 e. The summed E-state index contributed by atoms with van der Waals surface area (Å²) in [6.45, 7) is 6.56. The molecule has 0 aromatic heterocycles. The Labute approximate surface area is 434 Å². The number of rotatable bonds is 39. The lowest BCUT2D eigenvalue weighted by Crippen LogP contribution is -2.58. The quantitative estimate of drug-likeness (QED) is 0.0174. The molecule has 422 valence electrons. The standard InChI is InChI=1S/C48H76N8O19/c1-29(2)41(46(68)54-33(6-5-16-50-48(49)70)44(66)52-32-9-7-31(8-10-32)28-75-47(69)30(3)4)55-45(67)34(11-12-37(60)51-26-35(58)42(64)43(65)36(59)27-57)53-38(61)15-18-71-20-22-73-24-25-74-23-21-72-19-17-56-39(62)13-14-40(56)63/h7-10,13-14,29-30,33-36,41-43,57-59,64-65H,5-6,11-12,15-28H2,1-4H3,(H,51,60)(H,52,66)(H,53,61)(H,54,68)(H,55,67)(H3,49,50,70)/t33-,34+,35-,36+,41-,42+,43+/m0/s1. The van der Waals surface area contributed by atoms with Crippen LogP contribution in [-0.2, 0) is 68.6 Å². The summed E-state index contributed by atoms with van der Waals surface area (Å²) in [6, 6.07) is 1.69. The summed E-state index contributed by atoms with van der Waals surface area (Å²) >= 11 is 0.